The van der Waals surface area contributed by atoms with Crippen LogP contribution >= 0.6 is 0 Å². The van der Waals surface area contributed by atoms with Crippen molar-refractivity contribution in [1.82, 2.24) is 0 Å². The summed E-state index contributed by atoms with van der Waals surface area (Å²) in [5.74, 6) is 0. The fraction of sp³-hybridized carbons (Fsp3) is 0.571. The predicted octanol–water partition coefficient (Wildman–Crippen LogP) is 1.10. The Kier molecular flexibility index (Phi) is 7.17. The van der Waals surface area contributed by atoms with Gasteiger partial charge in [0.25, 0.3) is 20.2 Å². The van der Waals surface area contributed by atoms with Crippen molar-refractivity contribution in [1.29, 1.82) is 0 Å². The molecule has 11 nitrogen and oxygen atoms in total. The number of hydrogen-bond donors (Lipinski definition) is 0. The minimum Gasteiger partial charge on any atom is -0.346 e. The lowest BCUT2D eigenvalue weighted by Crippen LogP contribution is -2.50. The summed E-state index contributed by atoms with van der Waals surface area (Å²) in [7, 11) is -7.71. The van der Waals surface area contributed by atoms with Crippen LogP contribution in [0.25, 0.3) is 10.4 Å². The molecule has 27 heavy (non-hydrogen) atoms. The van der Waals surface area contributed by atoms with E-state index in [0.717, 1.165) is 12.5 Å². The van der Waals surface area contributed by atoms with Crippen molar-refractivity contribution in [3.05, 3.63) is 46.3 Å². The zero-order valence-corrected chi connectivity index (χ0v) is 16.2. The summed E-state index contributed by atoms with van der Waals surface area (Å²) >= 11 is 0. The van der Waals surface area contributed by atoms with E-state index in [-0.39, 0.29) is 6.61 Å². The van der Waals surface area contributed by atoms with Crippen LogP contribution in [0.4, 0.5) is 0 Å². The maximum Gasteiger partial charge on any atom is 0.264 e. The van der Waals surface area contributed by atoms with E-state index in [1.54, 1.807) is 30.3 Å². The molecule has 0 saturated carbocycles. The van der Waals surface area contributed by atoms with Gasteiger partial charge in [0.1, 0.15) is 12.2 Å². The van der Waals surface area contributed by atoms with E-state index in [0.29, 0.717) is 5.56 Å². The fourth-order valence-corrected chi connectivity index (χ4v) is 3.43. The quantitative estimate of drug-likeness (QED) is 0.262. The Morgan fingerprint density at radius 3 is 2.44 bits per heavy atom. The molecule has 0 bridgehead atoms. The normalized spacial score (nSPS) is 24.7. The van der Waals surface area contributed by atoms with Crippen molar-refractivity contribution >= 4 is 20.2 Å². The molecule has 1 aliphatic rings. The second-order valence-corrected chi connectivity index (χ2v) is 9.02. The van der Waals surface area contributed by atoms with Crippen LogP contribution in [0, 0.1) is 0 Å². The Morgan fingerprint density at radius 1 is 1.22 bits per heavy atom. The van der Waals surface area contributed by atoms with E-state index in [9.17, 15) is 16.8 Å². The summed E-state index contributed by atoms with van der Waals surface area (Å²) in [4.78, 5) is 2.66. The van der Waals surface area contributed by atoms with Gasteiger partial charge in [0, 0.05) is 10.5 Å². The Balaban J connectivity index is 2.29. The molecule has 150 valence electrons. The molecule has 1 aromatic rings. The van der Waals surface area contributed by atoms with Gasteiger partial charge in [-0.1, -0.05) is 35.4 Å². The lowest BCUT2D eigenvalue weighted by atomic mass is 10.1. The number of azide groups is 1. The molecule has 1 fully saturated rings. The van der Waals surface area contributed by atoms with Crippen LogP contribution in [-0.2, 0) is 38.1 Å². The molecule has 0 aromatic heterocycles. The molecular formula is C14H19N3O8S2. The van der Waals surface area contributed by atoms with E-state index < -0.39 is 51.4 Å². The van der Waals surface area contributed by atoms with Crippen molar-refractivity contribution in [2.75, 3.05) is 25.7 Å². The predicted molar refractivity (Wildman–Crippen MR) is 93.5 cm³/mol. The summed E-state index contributed by atoms with van der Waals surface area (Å²) in [6.45, 7) is -0.730. The number of rotatable bonds is 8. The lowest BCUT2D eigenvalue weighted by molar-refractivity contribution is -0.256. The van der Waals surface area contributed by atoms with Gasteiger partial charge in [-0.15, -0.1) is 0 Å². The molecule has 1 aromatic carbocycles. The second kappa shape index (κ2) is 8.97. The highest BCUT2D eigenvalue weighted by molar-refractivity contribution is 7.86. The van der Waals surface area contributed by atoms with E-state index in [2.05, 4.69) is 10.0 Å². The molecule has 0 amide bonds. The number of benzene rings is 1. The van der Waals surface area contributed by atoms with Gasteiger partial charge in [-0.2, -0.15) is 16.8 Å². The van der Waals surface area contributed by atoms with Gasteiger partial charge in [0.15, 0.2) is 6.29 Å². The zero-order chi connectivity index (χ0) is 20.1. The van der Waals surface area contributed by atoms with Crippen LogP contribution in [-0.4, -0.2) is 60.8 Å². The highest BCUT2D eigenvalue weighted by atomic mass is 32.2. The van der Waals surface area contributed by atoms with Crippen molar-refractivity contribution in [3.8, 4) is 0 Å². The van der Waals surface area contributed by atoms with E-state index in [1.165, 1.54) is 0 Å². The fourth-order valence-electron chi connectivity index (χ4n) is 2.43. The largest absolute Gasteiger partial charge is 0.346 e. The van der Waals surface area contributed by atoms with Crippen LogP contribution in [0.2, 0.25) is 0 Å². The molecule has 0 aliphatic carbocycles. The third-order valence-electron chi connectivity index (χ3n) is 3.46. The third kappa shape index (κ3) is 7.07. The van der Waals surface area contributed by atoms with Crippen LogP contribution in [0.1, 0.15) is 11.9 Å². The van der Waals surface area contributed by atoms with Crippen LogP contribution in [0.3, 0.4) is 0 Å². The first-order valence-corrected chi connectivity index (χ1v) is 11.3. The first-order chi connectivity index (χ1) is 12.6. The Hall–Kier alpha value is -1.73. The van der Waals surface area contributed by atoms with E-state index in [4.69, 9.17) is 23.4 Å². The maximum absolute atomic E-state index is 11.5. The molecule has 0 radical (unpaired) electrons. The highest BCUT2D eigenvalue weighted by Gasteiger charge is 2.40. The second-order valence-electron chi connectivity index (χ2n) is 5.78. The summed E-state index contributed by atoms with van der Waals surface area (Å²) in [6, 6.07) is 7.60. The molecule has 1 saturated heterocycles. The van der Waals surface area contributed by atoms with Gasteiger partial charge in [-0.3, -0.25) is 8.37 Å². The molecule has 1 aliphatic heterocycles. The molecule has 4 atom stereocenters. The first kappa shape index (κ1) is 21.6. The molecule has 2 rings (SSSR count). The zero-order valence-electron chi connectivity index (χ0n) is 14.5. The monoisotopic (exact) mass is 421 g/mol. The Bertz CT molecular complexity index is 884. The summed E-state index contributed by atoms with van der Waals surface area (Å²) in [6.07, 6.45) is -1.48. The van der Waals surface area contributed by atoms with Crippen LogP contribution in [0.15, 0.2) is 35.4 Å². The van der Waals surface area contributed by atoms with Crippen molar-refractivity contribution in [3.63, 3.8) is 0 Å². The van der Waals surface area contributed by atoms with Crippen LogP contribution in [0.5, 0.6) is 0 Å². The lowest BCUT2D eigenvalue weighted by Gasteiger charge is -2.38. The first-order valence-electron chi connectivity index (χ1n) is 7.68. The topological polar surface area (TPSA) is 154 Å². The van der Waals surface area contributed by atoms with E-state index in [1.807, 2.05) is 0 Å². The average molecular weight is 421 g/mol. The number of hydrogen-bond acceptors (Lipinski definition) is 9. The SMILES string of the molecule is CS(=O)(=O)OC[C@H](N=[N+]=[N-])[C@H]1OC(c2ccccc2)OC[C@H]1OS(C)(=O)=O. The van der Waals surface area contributed by atoms with Crippen LogP contribution < -0.4 is 0 Å². The van der Waals surface area contributed by atoms with E-state index >= 15 is 0 Å². The highest BCUT2D eigenvalue weighted by Crippen LogP contribution is 2.31. The van der Waals surface area contributed by atoms with Gasteiger partial charge >= 0.3 is 0 Å². The minimum absolute atomic E-state index is 0.187. The summed E-state index contributed by atoms with van der Waals surface area (Å²) < 4.78 is 66.5. The summed E-state index contributed by atoms with van der Waals surface area (Å²) in [5, 5.41) is 3.49. The molecule has 0 spiro atoms. The average Bonchev–Trinajstić information content (AvgIpc) is 2.58. The Morgan fingerprint density at radius 2 is 1.89 bits per heavy atom. The molecular weight excluding hydrogens is 402 g/mol. The number of nitrogens with zero attached hydrogens (tertiary/aromatic N) is 3. The molecule has 1 unspecified atom stereocenters. The smallest absolute Gasteiger partial charge is 0.264 e. The standard InChI is InChI=1S/C14H19N3O8S2/c1-26(18,19)23-8-11(16-17-15)13-12(25-27(2,20)21)9-22-14(24-13)10-6-4-3-5-7-10/h3-7,11-14H,8-9H2,1-2H3/t11-,12+,13+,14?/m0/s1. The maximum atomic E-state index is 11.5. The third-order valence-corrected chi connectivity index (χ3v) is 4.62. The Labute approximate surface area is 157 Å². The van der Waals surface area contributed by atoms with Crippen molar-refractivity contribution < 1.29 is 34.7 Å². The minimum atomic E-state index is -3.88. The van der Waals surface area contributed by atoms with Gasteiger partial charge in [0.2, 0.25) is 0 Å². The van der Waals surface area contributed by atoms with Crippen molar-refractivity contribution in [2.45, 2.75) is 24.5 Å². The molecule has 1 heterocycles. The van der Waals surface area contributed by atoms with Gasteiger partial charge in [-0.05, 0) is 5.53 Å². The number of ether oxygens (including phenoxy) is 2. The molecule has 0 N–H and O–H groups in total. The molecule has 13 heteroatoms. The van der Waals surface area contributed by atoms with Crippen molar-refractivity contribution in [2.24, 2.45) is 5.11 Å². The van der Waals surface area contributed by atoms with Gasteiger partial charge < -0.3 is 9.47 Å². The van der Waals surface area contributed by atoms with Gasteiger partial charge in [-0.25, -0.2) is 0 Å². The summed E-state index contributed by atoms with van der Waals surface area (Å²) in [5.41, 5.74) is 9.45. The van der Waals surface area contributed by atoms with Gasteiger partial charge in [0.05, 0.1) is 31.8 Å².